The lowest BCUT2D eigenvalue weighted by atomic mass is 10.2. The van der Waals surface area contributed by atoms with E-state index in [1.54, 1.807) is 25.3 Å². The molecule has 0 aliphatic rings. The van der Waals surface area contributed by atoms with Gasteiger partial charge in [0.15, 0.2) is 0 Å². The van der Waals surface area contributed by atoms with Crippen molar-refractivity contribution in [2.24, 2.45) is 5.73 Å². The van der Waals surface area contributed by atoms with Gasteiger partial charge in [-0.05, 0) is 30.3 Å². The van der Waals surface area contributed by atoms with Crippen LogP contribution >= 0.6 is 22.9 Å². The highest BCUT2D eigenvalue weighted by Gasteiger charge is 2.13. The number of ether oxygens (including phenoxy) is 2. The van der Waals surface area contributed by atoms with Crippen LogP contribution in [-0.2, 0) is 6.61 Å². The minimum absolute atomic E-state index is 0.201. The molecule has 0 atom stereocenters. The Morgan fingerprint density at radius 3 is 2.80 bits per heavy atom. The first-order valence-corrected chi connectivity index (χ1v) is 8.64. The number of nitrogens with zero attached hydrogens (tertiary/aromatic N) is 1. The van der Waals surface area contributed by atoms with Crippen molar-refractivity contribution in [3.05, 3.63) is 64.1 Å². The first-order chi connectivity index (χ1) is 12.1. The molecule has 0 aliphatic carbocycles. The van der Waals surface area contributed by atoms with E-state index in [4.69, 9.17) is 26.8 Å². The van der Waals surface area contributed by atoms with Crippen molar-refractivity contribution in [3.63, 3.8) is 0 Å². The number of rotatable bonds is 6. The average Bonchev–Trinajstić information content (AvgIpc) is 3.08. The lowest BCUT2D eigenvalue weighted by Crippen LogP contribution is -2.13. The monoisotopic (exact) mass is 374 g/mol. The standard InChI is InChI=1S/C18H15ClN2O3S/c1-23-15-5-3-2-4-14(15)18-21-12(10-25-18)9-24-16-8-11(19)6-7-13(16)17(20)22/h2-8,10H,9H2,1H3,(H2,20,22). The minimum atomic E-state index is -0.570. The van der Waals surface area contributed by atoms with Crippen LogP contribution in [-0.4, -0.2) is 18.0 Å². The molecule has 0 fully saturated rings. The SMILES string of the molecule is COc1ccccc1-c1nc(COc2cc(Cl)ccc2C(N)=O)cs1. The third kappa shape index (κ3) is 3.92. The van der Waals surface area contributed by atoms with Gasteiger partial charge in [0.05, 0.1) is 23.9 Å². The number of amides is 1. The van der Waals surface area contributed by atoms with Crippen LogP contribution in [0.2, 0.25) is 5.02 Å². The largest absolute Gasteiger partial charge is 0.496 e. The predicted molar refractivity (Wildman–Crippen MR) is 98.4 cm³/mol. The topological polar surface area (TPSA) is 74.4 Å². The lowest BCUT2D eigenvalue weighted by molar-refractivity contribution is 0.0996. The van der Waals surface area contributed by atoms with Crippen LogP contribution in [0.1, 0.15) is 16.1 Å². The Hall–Kier alpha value is -2.57. The number of carbonyl (C=O) groups excluding carboxylic acids is 1. The van der Waals surface area contributed by atoms with Crippen LogP contribution in [0, 0.1) is 0 Å². The number of methoxy groups -OCH3 is 1. The van der Waals surface area contributed by atoms with Gasteiger partial charge in [-0.15, -0.1) is 11.3 Å². The summed E-state index contributed by atoms with van der Waals surface area (Å²) in [6, 6.07) is 12.4. The molecule has 0 saturated heterocycles. The third-order valence-electron chi connectivity index (χ3n) is 3.47. The maximum atomic E-state index is 11.5. The number of carbonyl (C=O) groups is 1. The normalized spacial score (nSPS) is 10.5. The van der Waals surface area contributed by atoms with Gasteiger partial charge in [-0.3, -0.25) is 4.79 Å². The molecule has 5 nitrogen and oxygen atoms in total. The number of halogens is 1. The Morgan fingerprint density at radius 2 is 2.04 bits per heavy atom. The summed E-state index contributed by atoms with van der Waals surface area (Å²) in [5.74, 6) is 0.529. The molecule has 1 amide bonds. The van der Waals surface area contributed by atoms with Crippen molar-refractivity contribution in [2.45, 2.75) is 6.61 Å². The maximum absolute atomic E-state index is 11.5. The summed E-state index contributed by atoms with van der Waals surface area (Å²) < 4.78 is 11.1. The van der Waals surface area contributed by atoms with E-state index in [0.717, 1.165) is 22.0 Å². The van der Waals surface area contributed by atoms with Gasteiger partial charge in [-0.2, -0.15) is 0 Å². The van der Waals surface area contributed by atoms with Crippen LogP contribution < -0.4 is 15.2 Å². The zero-order valence-corrected chi connectivity index (χ0v) is 14.9. The molecular formula is C18H15ClN2O3S. The molecule has 2 aromatic carbocycles. The minimum Gasteiger partial charge on any atom is -0.496 e. The maximum Gasteiger partial charge on any atom is 0.252 e. The number of thiazole rings is 1. The first kappa shape index (κ1) is 17.3. The van der Waals surface area contributed by atoms with Gasteiger partial charge in [0.2, 0.25) is 0 Å². The zero-order chi connectivity index (χ0) is 17.8. The molecule has 0 spiro atoms. The number of para-hydroxylation sites is 1. The van der Waals surface area contributed by atoms with Crippen molar-refractivity contribution in [1.82, 2.24) is 4.98 Å². The Bertz CT molecular complexity index is 911. The Labute approximate surface area is 154 Å². The molecule has 0 bridgehead atoms. The molecule has 3 aromatic rings. The highest BCUT2D eigenvalue weighted by atomic mass is 35.5. The third-order valence-corrected chi connectivity index (χ3v) is 4.63. The number of primary amides is 1. The predicted octanol–water partition coefficient (Wildman–Crippen LogP) is 4.15. The summed E-state index contributed by atoms with van der Waals surface area (Å²) in [7, 11) is 1.63. The molecule has 0 radical (unpaired) electrons. The molecular weight excluding hydrogens is 360 g/mol. The fourth-order valence-electron chi connectivity index (χ4n) is 2.29. The first-order valence-electron chi connectivity index (χ1n) is 7.38. The summed E-state index contributed by atoms with van der Waals surface area (Å²) in [5, 5.41) is 3.20. The van der Waals surface area contributed by atoms with E-state index < -0.39 is 5.91 Å². The van der Waals surface area contributed by atoms with Gasteiger partial charge in [0.25, 0.3) is 5.91 Å². The van der Waals surface area contributed by atoms with Crippen molar-refractivity contribution >= 4 is 28.8 Å². The van der Waals surface area contributed by atoms with Gasteiger partial charge in [0, 0.05) is 10.4 Å². The van der Waals surface area contributed by atoms with Crippen molar-refractivity contribution in [2.75, 3.05) is 7.11 Å². The molecule has 2 N–H and O–H groups in total. The summed E-state index contributed by atoms with van der Waals surface area (Å²) in [5.41, 5.74) is 7.29. The van der Waals surface area contributed by atoms with Gasteiger partial charge in [-0.1, -0.05) is 23.7 Å². The number of hydrogen-bond donors (Lipinski definition) is 1. The molecule has 7 heteroatoms. The zero-order valence-electron chi connectivity index (χ0n) is 13.4. The van der Waals surface area contributed by atoms with Gasteiger partial charge < -0.3 is 15.2 Å². The molecule has 0 aliphatic heterocycles. The summed E-state index contributed by atoms with van der Waals surface area (Å²) in [6.07, 6.45) is 0. The van der Waals surface area contributed by atoms with E-state index in [0.29, 0.717) is 10.8 Å². The molecule has 1 heterocycles. The molecule has 0 saturated carbocycles. The molecule has 128 valence electrons. The molecule has 1 aromatic heterocycles. The van der Waals surface area contributed by atoms with E-state index in [2.05, 4.69) is 4.98 Å². The number of hydrogen-bond acceptors (Lipinski definition) is 5. The van der Waals surface area contributed by atoms with Gasteiger partial charge in [-0.25, -0.2) is 4.98 Å². The van der Waals surface area contributed by atoms with Gasteiger partial charge in [0.1, 0.15) is 23.1 Å². The fraction of sp³-hybridized carbons (Fsp3) is 0.111. The second-order valence-corrected chi connectivity index (χ2v) is 6.43. The second kappa shape index (κ2) is 7.55. The Kier molecular flexibility index (Phi) is 5.21. The number of aromatic nitrogens is 1. The quantitative estimate of drug-likeness (QED) is 0.703. The van der Waals surface area contributed by atoms with E-state index in [-0.39, 0.29) is 12.2 Å². The van der Waals surface area contributed by atoms with Crippen LogP contribution in [0.3, 0.4) is 0 Å². The van der Waals surface area contributed by atoms with E-state index >= 15 is 0 Å². The highest BCUT2D eigenvalue weighted by Crippen LogP contribution is 2.32. The van der Waals surface area contributed by atoms with Crippen molar-refractivity contribution < 1.29 is 14.3 Å². The van der Waals surface area contributed by atoms with Crippen molar-refractivity contribution in [1.29, 1.82) is 0 Å². The smallest absolute Gasteiger partial charge is 0.252 e. The molecule has 3 rings (SSSR count). The van der Waals surface area contributed by atoms with Crippen LogP contribution in [0.4, 0.5) is 0 Å². The van der Waals surface area contributed by atoms with Crippen LogP contribution in [0.5, 0.6) is 11.5 Å². The lowest BCUT2D eigenvalue weighted by Gasteiger charge is -2.09. The average molecular weight is 375 g/mol. The van der Waals surface area contributed by atoms with Crippen LogP contribution in [0.25, 0.3) is 10.6 Å². The number of benzene rings is 2. The van der Waals surface area contributed by atoms with E-state index in [1.165, 1.54) is 11.3 Å². The Morgan fingerprint density at radius 1 is 1.24 bits per heavy atom. The molecule has 25 heavy (non-hydrogen) atoms. The summed E-state index contributed by atoms with van der Waals surface area (Å²) in [6.45, 7) is 0.201. The van der Waals surface area contributed by atoms with E-state index in [9.17, 15) is 4.79 Å². The van der Waals surface area contributed by atoms with E-state index in [1.807, 2.05) is 29.6 Å². The fourth-order valence-corrected chi connectivity index (χ4v) is 3.29. The summed E-state index contributed by atoms with van der Waals surface area (Å²) in [4.78, 5) is 16.0. The Balaban J connectivity index is 1.79. The molecule has 0 unspecified atom stereocenters. The second-order valence-electron chi connectivity index (χ2n) is 5.14. The van der Waals surface area contributed by atoms with Crippen molar-refractivity contribution in [3.8, 4) is 22.1 Å². The van der Waals surface area contributed by atoms with Crippen LogP contribution in [0.15, 0.2) is 47.8 Å². The number of nitrogens with two attached hydrogens (primary N) is 1. The highest BCUT2D eigenvalue weighted by molar-refractivity contribution is 7.13. The van der Waals surface area contributed by atoms with Gasteiger partial charge >= 0.3 is 0 Å². The summed E-state index contributed by atoms with van der Waals surface area (Å²) >= 11 is 7.45.